The molecule has 1 saturated carbocycles. The van der Waals surface area contributed by atoms with E-state index in [1.165, 1.54) is 18.9 Å². The number of hydrogen-bond acceptors (Lipinski definition) is 2. The van der Waals surface area contributed by atoms with Crippen molar-refractivity contribution in [1.29, 1.82) is 0 Å². The van der Waals surface area contributed by atoms with Crippen LogP contribution < -0.4 is 5.73 Å². The number of carbonyl (C=O) groups is 1. The number of carboxylic acid groups (broad SMARTS) is 1. The summed E-state index contributed by atoms with van der Waals surface area (Å²) in [7, 11) is 0. The molecule has 1 fully saturated rings. The highest BCUT2D eigenvalue weighted by atomic mass is 16.4. The van der Waals surface area contributed by atoms with Gasteiger partial charge in [0.15, 0.2) is 0 Å². The Balaban J connectivity index is 2.43. The van der Waals surface area contributed by atoms with Crippen molar-refractivity contribution in [2.45, 2.75) is 31.7 Å². The molecule has 0 unspecified atom stereocenters. The quantitative estimate of drug-likeness (QED) is 0.609. The van der Waals surface area contributed by atoms with Gasteiger partial charge in [-0.15, -0.1) is 0 Å². The van der Waals surface area contributed by atoms with Crippen molar-refractivity contribution >= 4 is 5.97 Å². The summed E-state index contributed by atoms with van der Waals surface area (Å²) < 4.78 is 0. The molecule has 0 spiro atoms. The Labute approximate surface area is 72.3 Å². The van der Waals surface area contributed by atoms with Crippen molar-refractivity contribution in [3.63, 3.8) is 0 Å². The Kier molecular flexibility index (Phi) is 3.29. The molecule has 3 N–H and O–H groups in total. The fourth-order valence-corrected chi connectivity index (χ4v) is 1.63. The third-order valence-electron chi connectivity index (χ3n) is 2.36. The van der Waals surface area contributed by atoms with E-state index in [0.29, 0.717) is 0 Å². The summed E-state index contributed by atoms with van der Waals surface area (Å²) in [5.74, 6) is -0.609. The Morgan fingerprint density at radius 1 is 1.42 bits per heavy atom. The van der Waals surface area contributed by atoms with Crippen molar-refractivity contribution in [1.82, 2.24) is 0 Å². The molecule has 1 aliphatic carbocycles. The van der Waals surface area contributed by atoms with Gasteiger partial charge in [0.25, 0.3) is 0 Å². The molecule has 3 nitrogen and oxygen atoms in total. The van der Waals surface area contributed by atoms with Gasteiger partial charge in [0, 0.05) is 12.1 Å². The lowest BCUT2D eigenvalue weighted by molar-refractivity contribution is -0.131. The highest BCUT2D eigenvalue weighted by Crippen LogP contribution is 2.23. The maximum Gasteiger partial charge on any atom is 0.327 e. The number of nitrogens with two attached hydrogens (primary N) is 1. The first-order valence-corrected chi connectivity index (χ1v) is 4.37. The van der Waals surface area contributed by atoms with Crippen LogP contribution in [0.2, 0.25) is 0 Å². The van der Waals surface area contributed by atoms with Gasteiger partial charge in [0.1, 0.15) is 0 Å². The summed E-state index contributed by atoms with van der Waals surface area (Å²) >= 11 is 0. The zero-order valence-electron chi connectivity index (χ0n) is 7.07. The Morgan fingerprint density at radius 2 is 2.08 bits per heavy atom. The zero-order chi connectivity index (χ0) is 8.97. The highest BCUT2D eigenvalue weighted by Gasteiger charge is 2.18. The van der Waals surface area contributed by atoms with Crippen molar-refractivity contribution in [2.75, 3.05) is 0 Å². The molecule has 0 aromatic rings. The van der Waals surface area contributed by atoms with Crippen LogP contribution in [-0.2, 0) is 4.79 Å². The van der Waals surface area contributed by atoms with Crippen LogP contribution in [0.25, 0.3) is 0 Å². The number of carboxylic acids is 1. The van der Waals surface area contributed by atoms with Gasteiger partial charge in [-0.05, 0) is 18.8 Å². The molecule has 0 saturated heterocycles. The van der Waals surface area contributed by atoms with E-state index in [4.69, 9.17) is 10.8 Å². The summed E-state index contributed by atoms with van der Waals surface area (Å²) in [6.45, 7) is 0. The smallest absolute Gasteiger partial charge is 0.327 e. The zero-order valence-corrected chi connectivity index (χ0v) is 7.07. The lowest BCUT2D eigenvalue weighted by Gasteiger charge is -2.25. The molecule has 68 valence electrons. The van der Waals surface area contributed by atoms with E-state index in [9.17, 15) is 4.79 Å². The molecule has 0 aromatic carbocycles. The minimum Gasteiger partial charge on any atom is -0.478 e. The number of aliphatic carboxylic acids is 1. The van der Waals surface area contributed by atoms with Crippen LogP contribution in [0.4, 0.5) is 0 Å². The summed E-state index contributed by atoms with van der Waals surface area (Å²) in [5.41, 5.74) is 5.82. The van der Waals surface area contributed by atoms with Gasteiger partial charge in [-0.3, -0.25) is 0 Å². The molecule has 0 aromatic heterocycles. The van der Waals surface area contributed by atoms with Crippen LogP contribution >= 0.6 is 0 Å². The normalized spacial score (nSPS) is 30.8. The standard InChI is InChI=1S/C9H15NO2/c10-8-4-2-1-3-7(8)5-6-9(11)12/h5-8H,1-4,10H2,(H,11,12)/b6-5+/t7-,8-/m1/s1. The molecule has 12 heavy (non-hydrogen) atoms. The molecular formula is C9H15NO2. The molecule has 0 heterocycles. The molecule has 0 radical (unpaired) electrons. The van der Waals surface area contributed by atoms with Crippen LogP contribution in [0.1, 0.15) is 25.7 Å². The maximum absolute atomic E-state index is 10.2. The van der Waals surface area contributed by atoms with E-state index >= 15 is 0 Å². The molecule has 0 bridgehead atoms. The largest absolute Gasteiger partial charge is 0.478 e. The average molecular weight is 169 g/mol. The second-order valence-corrected chi connectivity index (χ2v) is 3.31. The van der Waals surface area contributed by atoms with E-state index in [-0.39, 0.29) is 12.0 Å². The topological polar surface area (TPSA) is 63.3 Å². The highest BCUT2D eigenvalue weighted by molar-refractivity contribution is 5.79. The predicted octanol–water partition coefficient (Wildman–Crippen LogP) is 1.14. The predicted molar refractivity (Wildman–Crippen MR) is 46.7 cm³/mol. The first-order chi connectivity index (χ1) is 5.70. The SMILES string of the molecule is N[C@@H]1CCCC[C@@H]1/C=C/C(=O)O. The maximum atomic E-state index is 10.2. The molecule has 3 heteroatoms. The van der Waals surface area contributed by atoms with Crippen LogP contribution in [0.5, 0.6) is 0 Å². The second-order valence-electron chi connectivity index (χ2n) is 3.31. The first-order valence-electron chi connectivity index (χ1n) is 4.37. The molecular weight excluding hydrogens is 154 g/mol. The Morgan fingerprint density at radius 3 is 2.67 bits per heavy atom. The monoisotopic (exact) mass is 169 g/mol. The third-order valence-corrected chi connectivity index (χ3v) is 2.36. The van der Waals surface area contributed by atoms with E-state index in [2.05, 4.69) is 0 Å². The van der Waals surface area contributed by atoms with Gasteiger partial charge < -0.3 is 10.8 Å². The van der Waals surface area contributed by atoms with E-state index in [0.717, 1.165) is 12.8 Å². The van der Waals surface area contributed by atoms with Gasteiger partial charge in [0.05, 0.1) is 0 Å². The first kappa shape index (κ1) is 9.26. The lowest BCUT2D eigenvalue weighted by atomic mass is 9.85. The third kappa shape index (κ3) is 2.66. The molecule has 0 amide bonds. The van der Waals surface area contributed by atoms with Gasteiger partial charge >= 0.3 is 5.97 Å². The average Bonchev–Trinajstić information content (AvgIpc) is 2.03. The van der Waals surface area contributed by atoms with E-state index in [1.807, 2.05) is 0 Å². The minimum atomic E-state index is -0.882. The van der Waals surface area contributed by atoms with Gasteiger partial charge in [-0.2, -0.15) is 0 Å². The second kappa shape index (κ2) is 4.26. The van der Waals surface area contributed by atoms with Gasteiger partial charge in [-0.25, -0.2) is 4.79 Å². The summed E-state index contributed by atoms with van der Waals surface area (Å²) in [5, 5.41) is 8.40. The van der Waals surface area contributed by atoms with Crippen molar-refractivity contribution in [3.05, 3.63) is 12.2 Å². The summed E-state index contributed by atoms with van der Waals surface area (Å²) in [4.78, 5) is 10.2. The fourth-order valence-electron chi connectivity index (χ4n) is 1.63. The summed E-state index contributed by atoms with van der Waals surface area (Å²) in [6.07, 6.45) is 7.34. The molecule has 0 aliphatic heterocycles. The van der Waals surface area contributed by atoms with Crippen LogP contribution in [-0.4, -0.2) is 17.1 Å². The minimum absolute atomic E-state index is 0.161. The fraction of sp³-hybridized carbons (Fsp3) is 0.667. The molecule has 2 atom stereocenters. The van der Waals surface area contributed by atoms with Gasteiger partial charge in [-0.1, -0.05) is 18.9 Å². The summed E-state index contributed by atoms with van der Waals surface area (Å²) in [6, 6.07) is 0.161. The van der Waals surface area contributed by atoms with E-state index < -0.39 is 5.97 Å². The Hall–Kier alpha value is -0.830. The van der Waals surface area contributed by atoms with Crippen molar-refractivity contribution in [3.8, 4) is 0 Å². The number of rotatable bonds is 2. The van der Waals surface area contributed by atoms with Gasteiger partial charge in [0.2, 0.25) is 0 Å². The molecule has 1 aliphatic rings. The van der Waals surface area contributed by atoms with Crippen LogP contribution in [0.3, 0.4) is 0 Å². The lowest BCUT2D eigenvalue weighted by Crippen LogP contribution is -2.31. The van der Waals surface area contributed by atoms with Crippen LogP contribution in [0, 0.1) is 5.92 Å². The van der Waals surface area contributed by atoms with Crippen molar-refractivity contribution < 1.29 is 9.90 Å². The van der Waals surface area contributed by atoms with Crippen molar-refractivity contribution in [2.24, 2.45) is 11.7 Å². The number of hydrogen-bond donors (Lipinski definition) is 2. The van der Waals surface area contributed by atoms with Crippen LogP contribution in [0.15, 0.2) is 12.2 Å². The Bertz CT molecular complexity index is 189. The molecule has 1 rings (SSSR count). The van der Waals surface area contributed by atoms with E-state index in [1.54, 1.807) is 6.08 Å².